The van der Waals surface area contributed by atoms with Gasteiger partial charge >= 0.3 is 0 Å². The van der Waals surface area contributed by atoms with Gasteiger partial charge in [-0.25, -0.2) is 17.4 Å². The first kappa shape index (κ1) is 16.1. The summed E-state index contributed by atoms with van der Waals surface area (Å²) >= 11 is 0. The maximum atomic E-state index is 12.9. The van der Waals surface area contributed by atoms with Crippen LogP contribution in [0, 0.1) is 6.92 Å². The highest BCUT2D eigenvalue weighted by atomic mass is 32.2. The summed E-state index contributed by atoms with van der Waals surface area (Å²) in [6.07, 6.45) is 6.16. The van der Waals surface area contributed by atoms with E-state index in [1.165, 1.54) is 10.2 Å². The lowest BCUT2D eigenvalue weighted by atomic mass is 10.1. The normalized spacial score (nSPS) is 17.8. The number of fused-ring (bicyclic) bond motifs is 1. The van der Waals surface area contributed by atoms with E-state index in [1.54, 1.807) is 36.5 Å². The van der Waals surface area contributed by atoms with Crippen molar-refractivity contribution in [3.05, 3.63) is 66.0 Å². The zero-order valence-corrected chi connectivity index (χ0v) is 14.6. The first-order valence-corrected chi connectivity index (χ1v) is 9.58. The maximum Gasteiger partial charge on any atom is 0.269 e. The minimum Gasteiger partial charge on any atom is -0.389 e. The molecule has 25 heavy (non-hydrogen) atoms. The van der Waals surface area contributed by atoms with Crippen LogP contribution in [0.1, 0.15) is 24.0 Å². The van der Waals surface area contributed by atoms with Crippen LogP contribution in [0.2, 0.25) is 0 Å². The number of benzene rings is 1. The van der Waals surface area contributed by atoms with Crippen LogP contribution >= 0.6 is 0 Å². The Morgan fingerprint density at radius 3 is 2.64 bits per heavy atom. The highest BCUT2D eigenvalue weighted by Gasteiger charge is 2.21. The molecule has 1 N–H and O–H groups in total. The van der Waals surface area contributed by atoms with Gasteiger partial charge in [0.2, 0.25) is 0 Å². The van der Waals surface area contributed by atoms with E-state index in [-0.39, 0.29) is 4.90 Å². The van der Waals surface area contributed by atoms with E-state index in [0.29, 0.717) is 5.65 Å². The Bertz CT molecular complexity index is 1080. The third-order valence-electron chi connectivity index (χ3n) is 4.54. The maximum absolute atomic E-state index is 12.9. The summed E-state index contributed by atoms with van der Waals surface area (Å²) in [7, 11) is -3.68. The topological polar surface area (TPSA) is 72.2 Å². The Labute approximate surface area is 146 Å². The molecule has 2 aromatic heterocycles. The number of aryl methyl sites for hydroxylation is 1. The van der Waals surface area contributed by atoms with Gasteiger partial charge in [0.05, 0.1) is 11.0 Å². The van der Waals surface area contributed by atoms with Gasteiger partial charge in [-0.15, -0.1) is 0 Å². The van der Waals surface area contributed by atoms with E-state index < -0.39 is 16.1 Å². The largest absolute Gasteiger partial charge is 0.389 e. The summed E-state index contributed by atoms with van der Waals surface area (Å²) < 4.78 is 27.0. The summed E-state index contributed by atoms with van der Waals surface area (Å²) in [5.74, 6) is 0. The number of aliphatic hydroxyl groups excluding tert-OH is 1. The van der Waals surface area contributed by atoms with Crippen LogP contribution in [0.15, 0.2) is 59.8 Å². The van der Waals surface area contributed by atoms with E-state index in [2.05, 4.69) is 4.98 Å². The third-order valence-corrected chi connectivity index (χ3v) is 6.23. The van der Waals surface area contributed by atoms with Crippen LogP contribution in [0.25, 0.3) is 16.6 Å². The Balaban J connectivity index is 1.79. The van der Waals surface area contributed by atoms with Crippen molar-refractivity contribution in [2.45, 2.75) is 30.8 Å². The molecule has 0 radical (unpaired) electrons. The average Bonchev–Trinajstić information content (AvgIpc) is 3.21. The predicted octanol–water partition coefficient (Wildman–Crippen LogP) is 3.12. The molecule has 1 unspecified atom stereocenters. The van der Waals surface area contributed by atoms with Gasteiger partial charge in [-0.1, -0.05) is 23.8 Å². The van der Waals surface area contributed by atoms with Gasteiger partial charge in [-0.3, -0.25) is 0 Å². The van der Waals surface area contributed by atoms with Crippen molar-refractivity contribution in [3.8, 4) is 0 Å². The first-order valence-electron chi connectivity index (χ1n) is 8.14. The van der Waals surface area contributed by atoms with Crippen LogP contribution in [0.4, 0.5) is 0 Å². The minimum atomic E-state index is -3.68. The Morgan fingerprint density at radius 1 is 1.20 bits per heavy atom. The molecule has 128 valence electrons. The molecular formula is C19H18N2O3S. The number of hydrogen-bond donors (Lipinski definition) is 1. The van der Waals surface area contributed by atoms with Gasteiger partial charge in [0.15, 0.2) is 5.65 Å². The van der Waals surface area contributed by atoms with E-state index >= 15 is 0 Å². The minimum absolute atomic E-state index is 0.239. The second-order valence-electron chi connectivity index (χ2n) is 6.36. The number of rotatable bonds is 3. The summed E-state index contributed by atoms with van der Waals surface area (Å²) in [5, 5.41) is 10.4. The molecule has 0 aliphatic heterocycles. The number of nitrogens with zero attached hydrogens (tertiary/aromatic N) is 2. The SMILES string of the molecule is Cc1ccc(S(=O)(=O)n2ccc3cc(C4=CC(O)CC4)cnc32)cc1. The van der Waals surface area contributed by atoms with Gasteiger partial charge in [0.25, 0.3) is 10.0 Å². The van der Waals surface area contributed by atoms with Crippen molar-refractivity contribution in [2.75, 3.05) is 0 Å². The van der Waals surface area contributed by atoms with Crippen molar-refractivity contribution in [3.63, 3.8) is 0 Å². The molecular weight excluding hydrogens is 336 g/mol. The number of pyridine rings is 1. The lowest BCUT2D eigenvalue weighted by Gasteiger charge is -2.08. The molecule has 1 atom stereocenters. The van der Waals surface area contributed by atoms with E-state index in [4.69, 9.17) is 0 Å². The van der Waals surface area contributed by atoms with Crippen molar-refractivity contribution >= 4 is 26.6 Å². The monoisotopic (exact) mass is 354 g/mol. The molecule has 3 aromatic rings. The molecule has 0 saturated carbocycles. The second-order valence-corrected chi connectivity index (χ2v) is 8.18. The molecule has 2 heterocycles. The van der Waals surface area contributed by atoms with Gasteiger partial charge in [-0.2, -0.15) is 0 Å². The van der Waals surface area contributed by atoms with E-state index in [0.717, 1.165) is 34.9 Å². The summed E-state index contributed by atoms with van der Waals surface area (Å²) in [6.45, 7) is 1.92. The molecule has 0 amide bonds. The highest BCUT2D eigenvalue weighted by molar-refractivity contribution is 7.90. The summed E-state index contributed by atoms with van der Waals surface area (Å²) in [6, 6.07) is 10.5. The lowest BCUT2D eigenvalue weighted by Crippen LogP contribution is -2.12. The Morgan fingerprint density at radius 2 is 1.96 bits per heavy atom. The first-order chi connectivity index (χ1) is 11.9. The third kappa shape index (κ3) is 2.77. The number of aromatic nitrogens is 2. The molecule has 0 spiro atoms. The van der Waals surface area contributed by atoms with E-state index in [9.17, 15) is 13.5 Å². The molecule has 5 nitrogen and oxygen atoms in total. The second kappa shape index (κ2) is 5.82. The summed E-state index contributed by atoms with van der Waals surface area (Å²) in [5.41, 5.74) is 3.39. The van der Waals surface area contributed by atoms with Crippen molar-refractivity contribution < 1.29 is 13.5 Å². The number of allylic oxidation sites excluding steroid dienone is 1. The number of hydrogen-bond acceptors (Lipinski definition) is 4. The lowest BCUT2D eigenvalue weighted by molar-refractivity contribution is 0.223. The fraction of sp³-hybridized carbons (Fsp3) is 0.211. The molecule has 1 aliphatic rings. The van der Waals surface area contributed by atoms with Gasteiger partial charge < -0.3 is 5.11 Å². The van der Waals surface area contributed by atoms with E-state index in [1.807, 2.05) is 19.1 Å². The van der Waals surface area contributed by atoms with Gasteiger partial charge in [-0.05, 0) is 55.2 Å². The smallest absolute Gasteiger partial charge is 0.269 e. The quantitative estimate of drug-likeness (QED) is 0.784. The van der Waals surface area contributed by atoms with Gasteiger partial charge in [0.1, 0.15) is 0 Å². The molecule has 0 bridgehead atoms. The van der Waals surface area contributed by atoms with Crippen LogP contribution in [0.5, 0.6) is 0 Å². The molecule has 4 rings (SSSR count). The fourth-order valence-corrected chi connectivity index (χ4v) is 4.44. The fourth-order valence-electron chi connectivity index (χ4n) is 3.14. The molecule has 1 aliphatic carbocycles. The average molecular weight is 354 g/mol. The van der Waals surface area contributed by atoms with Gasteiger partial charge in [0, 0.05) is 17.8 Å². The van der Waals surface area contributed by atoms with Crippen LogP contribution in [0.3, 0.4) is 0 Å². The zero-order chi connectivity index (χ0) is 17.6. The highest BCUT2D eigenvalue weighted by Crippen LogP contribution is 2.30. The van der Waals surface area contributed by atoms with Crippen LogP contribution in [-0.2, 0) is 10.0 Å². The van der Waals surface area contributed by atoms with Crippen molar-refractivity contribution in [1.82, 2.24) is 8.96 Å². The van der Waals surface area contributed by atoms with Crippen LogP contribution < -0.4 is 0 Å². The molecule has 0 saturated heterocycles. The Hall–Kier alpha value is -2.44. The molecule has 6 heteroatoms. The van der Waals surface area contributed by atoms with Crippen molar-refractivity contribution in [2.24, 2.45) is 0 Å². The van der Waals surface area contributed by atoms with Crippen molar-refractivity contribution in [1.29, 1.82) is 0 Å². The Kier molecular flexibility index (Phi) is 3.74. The zero-order valence-electron chi connectivity index (χ0n) is 13.8. The number of aliphatic hydroxyl groups is 1. The summed E-state index contributed by atoms with van der Waals surface area (Å²) in [4.78, 5) is 4.62. The predicted molar refractivity (Wildman–Crippen MR) is 96.7 cm³/mol. The standard InChI is InChI=1S/C19H18N2O3S/c1-13-2-6-18(7-3-13)25(23,24)21-9-8-15-10-16(12-20-19(15)21)14-4-5-17(22)11-14/h2-3,6-12,17,22H,4-5H2,1H3. The molecule has 0 fully saturated rings. The van der Waals surface area contributed by atoms with Crippen LogP contribution in [-0.4, -0.2) is 28.6 Å². The molecule has 1 aromatic carbocycles.